The summed E-state index contributed by atoms with van der Waals surface area (Å²) in [4.78, 5) is 14.2. The molecule has 3 rings (SSSR count). The molecular formula is C18H27N5O4S2. The number of ether oxygens (including phenoxy) is 1. The summed E-state index contributed by atoms with van der Waals surface area (Å²) in [5.41, 5.74) is 6.35. The van der Waals surface area contributed by atoms with Crippen LogP contribution in [0.5, 0.6) is 0 Å². The molecule has 0 aliphatic carbocycles. The van der Waals surface area contributed by atoms with Gasteiger partial charge in [-0.15, -0.1) is 11.3 Å². The third-order valence-electron chi connectivity index (χ3n) is 4.87. The fraction of sp³-hybridized carbons (Fsp3) is 0.556. The first-order valence-electron chi connectivity index (χ1n) is 9.61. The van der Waals surface area contributed by atoms with Crippen LogP contribution in [0.4, 0.5) is 16.2 Å². The molecule has 1 aliphatic rings. The summed E-state index contributed by atoms with van der Waals surface area (Å²) in [7, 11) is -2.58. The fourth-order valence-corrected chi connectivity index (χ4v) is 6.34. The van der Waals surface area contributed by atoms with Gasteiger partial charge in [0.1, 0.15) is 0 Å². The highest BCUT2D eigenvalue weighted by Crippen LogP contribution is 2.36. The molecule has 29 heavy (non-hydrogen) atoms. The summed E-state index contributed by atoms with van der Waals surface area (Å²) in [6.07, 6.45) is 5.49. The van der Waals surface area contributed by atoms with E-state index in [1.54, 1.807) is 19.3 Å². The molecular weight excluding hydrogens is 414 g/mol. The van der Waals surface area contributed by atoms with Crippen LogP contribution in [0, 0.1) is 0 Å². The molecule has 160 valence electrons. The zero-order chi connectivity index (χ0) is 21.2. The first kappa shape index (κ1) is 21.6. The molecule has 2 aromatic rings. The standard InChI is InChI=1S/C18H27N5O4S2/c1-4-15-10-16(17(5-2)28-15)23(18(19)24)29(25,26)22(13-6-8-27-9-7-13)14-11-20-21(3)12-14/h10-13H,4-9H2,1-3H3,(H2,19,24). The lowest BCUT2D eigenvalue weighted by Gasteiger charge is -2.36. The van der Waals surface area contributed by atoms with E-state index in [9.17, 15) is 13.2 Å². The van der Waals surface area contributed by atoms with Crippen molar-refractivity contribution in [1.82, 2.24) is 9.78 Å². The van der Waals surface area contributed by atoms with Crippen LogP contribution in [0.3, 0.4) is 0 Å². The molecule has 2 amide bonds. The van der Waals surface area contributed by atoms with E-state index >= 15 is 0 Å². The second-order valence-corrected chi connectivity index (χ2v) is 9.73. The van der Waals surface area contributed by atoms with Gasteiger partial charge in [0.15, 0.2) is 0 Å². The minimum absolute atomic E-state index is 0.336. The molecule has 0 unspecified atom stereocenters. The summed E-state index contributed by atoms with van der Waals surface area (Å²) in [6.45, 7) is 4.82. The van der Waals surface area contributed by atoms with Crippen molar-refractivity contribution >= 4 is 39.0 Å². The van der Waals surface area contributed by atoms with E-state index in [4.69, 9.17) is 10.5 Å². The number of thiophene rings is 1. The SMILES string of the molecule is CCc1cc(N(C(N)=O)S(=O)(=O)N(c2cnn(C)c2)C2CCOCC2)c(CC)s1. The van der Waals surface area contributed by atoms with Gasteiger partial charge in [-0.3, -0.25) is 4.68 Å². The zero-order valence-electron chi connectivity index (χ0n) is 16.9. The Bertz CT molecular complexity index is 963. The van der Waals surface area contributed by atoms with Crippen LogP contribution in [-0.2, 0) is 34.8 Å². The Hall–Kier alpha value is -2.11. The highest BCUT2D eigenvalue weighted by atomic mass is 32.2. The predicted molar refractivity (Wildman–Crippen MR) is 114 cm³/mol. The van der Waals surface area contributed by atoms with Crippen LogP contribution < -0.4 is 14.3 Å². The number of hydrogen-bond acceptors (Lipinski definition) is 6. The normalized spacial score (nSPS) is 15.4. The number of urea groups is 1. The molecule has 0 bridgehead atoms. The minimum atomic E-state index is -4.29. The molecule has 3 heterocycles. The van der Waals surface area contributed by atoms with E-state index in [-0.39, 0.29) is 6.04 Å². The van der Waals surface area contributed by atoms with Crippen molar-refractivity contribution in [3.63, 3.8) is 0 Å². The van der Waals surface area contributed by atoms with Crippen LogP contribution >= 0.6 is 11.3 Å². The van der Waals surface area contributed by atoms with Crippen molar-refractivity contribution in [2.45, 2.75) is 45.6 Å². The summed E-state index contributed by atoms with van der Waals surface area (Å²) < 4.78 is 36.6. The van der Waals surface area contributed by atoms with Crippen LogP contribution in [-0.4, -0.2) is 43.5 Å². The van der Waals surface area contributed by atoms with E-state index in [1.165, 1.54) is 26.5 Å². The number of primary amides is 1. The van der Waals surface area contributed by atoms with Gasteiger partial charge in [-0.25, -0.2) is 9.10 Å². The molecule has 2 N–H and O–H groups in total. The Balaban J connectivity index is 2.13. The molecule has 0 spiro atoms. The fourth-order valence-electron chi connectivity index (χ4n) is 3.49. The van der Waals surface area contributed by atoms with Gasteiger partial charge >= 0.3 is 16.2 Å². The smallest absolute Gasteiger partial charge is 0.334 e. The van der Waals surface area contributed by atoms with Gasteiger partial charge < -0.3 is 10.5 Å². The highest BCUT2D eigenvalue weighted by Gasteiger charge is 2.40. The number of rotatable bonds is 7. The number of nitrogens with two attached hydrogens (primary N) is 1. The van der Waals surface area contributed by atoms with Gasteiger partial charge in [-0.2, -0.15) is 17.8 Å². The minimum Gasteiger partial charge on any atom is -0.381 e. The number of aromatic nitrogens is 2. The molecule has 1 saturated heterocycles. The molecule has 9 nitrogen and oxygen atoms in total. The van der Waals surface area contributed by atoms with Crippen molar-refractivity contribution in [1.29, 1.82) is 0 Å². The van der Waals surface area contributed by atoms with E-state index in [0.717, 1.165) is 20.5 Å². The highest BCUT2D eigenvalue weighted by molar-refractivity contribution is 7.95. The third kappa shape index (κ3) is 4.26. The number of aryl methyl sites for hydroxylation is 3. The Kier molecular flexibility index (Phi) is 6.49. The van der Waals surface area contributed by atoms with E-state index in [2.05, 4.69) is 5.10 Å². The number of carbonyl (C=O) groups excluding carboxylic acids is 1. The van der Waals surface area contributed by atoms with E-state index in [1.807, 2.05) is 13.8 Å². The van der Waals surface area contributed by atoms with Crippen molar-refractivity contribution in [2.24, 2.45) is 12.8 Å². The van der Waals surface area contributed by atoms with Gasteiger partial charge in [0.2, 0.25) is 0 Å². The largest absolute Gasteiger partial charge is 0.381 e. The van der Waals surface area contributed by atoms with Crippen LogP contribution in [0.1, 0.15) is 36.4 Å². The van der Waals surface area contributed by atoms with Gasteiger partial charge in [0, 0.05) is 36.2 Å². The van der Waals surface area contributed by atoms with E-state index in [0.29, 0.717) is 43.9 Å². The number of carbonyl (C=O) groups is 1. The number of hydrogen-bond donors (Lipinski definition) is 1. The van der Waals surface area contributed by atoms with Crippen molar-refractivity contribution < 1.29 is 17.9 Å². The first-order chi connectivity index (χ1) is 13.8. The molecule has 0 radical (unpaired) electrons. The second kappa shape index (κ2) is 8.72. The third-order valence-corrected chi connectivity index (χ3v) is 8.13. The lowest BCUT2D eigenvalue weighted by atomic mass is 10.1. The summed E-state index contributed by atoms with van der Waals surface area (Å²) in [5.74, 6) is 0. The molecule has 0 saturated carbocycles. The quantitative estimate of drug-likeness (QED) is 0.709. The Morgan fingerprint density at radius 2 is 2.03 bits per heavy atom. The predicted octanol–water partition coefficient (Wildman–Crippen LogP) is 2.42. The molecule has 2 aromatic heterocycles. The molecule has 0 atom stereocenters. The monoisotopic (exact) mass is 441 g/mol. The van der Waals surface area contributed by atoms with E-state index < -0.39 is 16.2 Å². The Morgan fingerprint density at radius 3 is 2.55 bits per heavy atom. The summed E-state index contributed by atoms with van der Waals surface area (Å²) >= 11 is 1.50. The summed E-state index contributed by atoms with van der Waals surface area (Å²) in [6, 6.07) is 0.368. The van der Waals surface area contributed by atoms with Crippen LogP contribution in [0.25, 0.3) is 0 Å². The van der Waals surface area contributed by atoms with Crippen molar-refractivity contribution in [3.05, 3.63) is 28.2 Å². The molecule has 11 heteroatoms. The molecule has 1 aliphatic heterocycles. The topological polar surface area (TPSA) is 111 Å². The first-order valence-corrected chi connectivity index (χ1v) is 11.8. The second-order valence-electron chi connectivity index (χ2n) is 6.85. The van der Waals surface area contributed by atoms with Crippen LogP contribution in [0.15, 0.2) is 18.5 Å². The van der Waals surface area contributed by atoms with Gasteiger partial charge in [0.05, 0.1) is 23.6 Å². The maximum atomic E-state index is 13.8. The number of amides is 2. The average molecular weight is 442 g/mol. The Morgan fingerprint density at radius 1 is 1.34 bits per heavy atom. The van der Waals surface area contributed by atoms with Crippen LogP contribution in [0.2, 0.25) is 0 Å². The molecule has 0 aromatic carbocycles. The molecule has 1 fully saturated rings. The van der Waals surface area contributed by atoms with Gasteiger partial charge in [0.25, 0.3) is 0 Å². The lowest BCUT2D eigenvalue weighted by Crippen LogP contribution is -2.54. The average Bonchev–Trinajstić information content (AvgIpc) is 3.28. The maximum absolute atomic E-state index is 13.8. The van der Waals surface area contributed by atoms with Crippen molar-refractivity contribution in [2.75, 3.05) is 21.8 Å². The Labute approximate surface area is 175 Å². The summed E-state index contributed by atoms with van der Waals surface area (Å²) in [5, 5.41) is 4.12. The number of anilines is 2. The zero-order valence-corrected chi connectivity index (χ0v) is 18.5. The van der Waals surface area contributed by atoms with Crippen molar-refractivity contribution in [3.8, 4) is 0 Å². The van der Waals surface area contributed by atoms with Gasteiger partial charge in [-0.05, 0) is 31.7 Å². The van der Waals surface area contributed by atoms with Gasteiger partial charge in [-0.1, -0.05) is 13.8 Å². The lowest BCUT2D eigenvalue weighted by molar-refractivity contribution is 0.0875. The maximum Gasteiger partial charge on any atom is 0.334 e. The number of nitrogens with zero attached hydrogens (tertiary/aromatic N) is 4.